The summed E-state index contributed by atoms with van der Waals surface area (Å²) < 4.78 is 10.7. The standard InChI is InChI=1S/C16H24O3/c1-5-12(2)16(17)13(3)10-19-11-14-6-8-15(18-4)9-7-14/h5-9,12-13,16-17H,1,10-11H2,2-4H3/t12-,13-,16+/m0/s1. The van der Waals surface area contributed by atoms with E-state index in [9.17, 15) is 5.11 Å². The highest BCUT2D eigenvalue weighted by atomic mass is 16.5. The van der Waals surface area contributed by atoms with Crippen molar-refractivity contribution in [1.82, 2.24) is 0 Å². The maximum Gasteiger partial charge on any atom is 0.118 e. The number of hydrogen-bond acceptors (Lipinski definition) is 3. The van der Waals surface area contributed by atoms with Gasteiger partial charge in [0.05, 0.1) is 26.4 Å². The summed E-state index contributed by atoms with van der Waals surface area (Å²) in [6.07, 6.45) is 1.36. The smallest absolute Gasteiger partial charge is 0.118 e. The molecule has 106 valence electrons. The third kappa shape index (κ3) is 5.05. The first kappa shape index (κ1) is 15.7. The molecule has 0 unspecified atom stereocenters. The largest absolute Gasteiger partial charge is 0.497 e. The lowest BCUT2D eigenvalue weighted by atomic mass is 9.94. The van der Waals surface area contributed by atoms with E-state index >= 15 is 0 Å². The summed E-state index contributed by atoms with van der Waals surface area (Å²) in [6.45, 7) is 8.71. The van der Waals surface area contributed by atoms with Crippen molar-refractivity contribution in [2.75, 3.05) is 13.7 Å². The predicted octanol–water partition coefficient (Wildman–Crippen LogP) is 3.03. The fourth-order valence-corrected chi connectivity index (χ4v) is 1.84. The fourth-order valence-electron chi connectivity index (χ4n) is 1.84. The molecule has 0 heterocycles. The van der Waals surface area contributed by atoms with Gasteiger partial charge in [0.25, 0.3) is 0 Å². The Morgan fingerprint density at radius 2 is 1.89 bits per heavy atom. The van der Waals surface area contributed by atoms with E-state index in [0.29, 0.717) is 13.2 Å². The van der Waals surface area contributed by atoms with E-state index in [1.807, 2.05) is 38.1 Å². The number of ether oxygens (including phenoxy) is 2. The van der Waals surface area contributed by atoms with Crippen molar-refractivity contribution in [3.63, 3.8) is 0 Å². The second-order valence-electron chi connectivity index (χ2n) is 4.93. The number of aliphatic hydroxyl groups excluding tert-OH is 1. The Labute approximate surface area is 115 Å². The number of aliphatic hydroxyl groups is 1. The molecule has 0 saturated carbocycles. The maximum absolute atomic E-state index is 9.98. The minimum atomic E-state index is -0.409. The van der Waals surface area contributed by atoms with Gasteiger partial charge in [-0.1, -0.05) is 32.1 Å². The first-order valence-corrected chi connectivity index (χ1v) is 6.59. The summed E-state index contributed by atoms with van der Waals surface area (Å²) in [6, 6.07) is 7.78. The van der Waals surface area contributed by atoms with Crippen LogP contribution < -0.4 is 4.74 Å². The summed E-state index contributed by atoms with van der Waals surface area (Å²) in [5.41, 5.74) is 1.10. The molecular weight excluding hydrogens is 240 g/mol. The van der Waals surface area contributed by atoms with Crippen LogP contribution in [-0.2, 0) is 11.3 Å². The Kier molecular flexibility index (Phi) is 6.60. The highest BCUT2D eigenvalue weighted by molar-refractivity contribution is 5.26. The van der Waals surface area contributed by atoms with Crippen LogP contribution >= 0.6 is 0 Å². The summed E-state index contributed by atoms with van der Waals surface area (Å²) >= 11 is 0. The van der Waals surface area contributed by atoms with Crippen LogP contribution in [0.15, 0.2) is 36.9 Å². The van der Waals surface area contributed by atoms with E-state index in [1.165, 1.54) is 0 Å². The fraction of sp³-hybridized carbons (Fsp3) is 0.500. The van der Waals surface area contributed by atoms with Gasteiger partial charge in [0, 0.05) is 11.8 Å². The van der Waals surface area contributed by atoms with Crippen LogP contribution in [0.3, 0.4) is 0 Å². The molecule has 3 heteroatoms. The van der Waals surface area contributed by atoms with Crippen LogP contribution in [0.25, 0.3) is 0 Å². The Morgan fingerprint density at radius 1 is 1.26 bits per heavy atom. The quantitative estimate of drug-likeness (QED) is 0.733. The van der Waals surface area contributed by atoms with Crippen molar-refractivity contribution in [3.05, 3.63) is 42.5 Å². The average molecular weight is 264 g/mol. The van der Waals surface area contributed by atoms with Gasteiger partial charge in [-0.15, -0.1) is 6.58 Å². The minimum absolute atomic E-state index is 0.0830. The van der Waals surface area contributed by atoms with Crippen molar-refractivity contribution in [3.8, 4) is 5.75 Å². The van der Waals surface area contributed by atoms with Crippen LogP contribution in [0.2, 0.25) is 0 Å². The molecule has 1 N–H and O–H groups in total. The Hall–Kier alpha value is -1.32. The molecule has 19 heavy (non-hydrogen) atoms. The third-order valence-electron chi connectivity index (χ3n) is 3.30. The molecular formula is C16H24O3. The lowest BCUT2D eigenvalue weighted by molar-refractivity contribution is 0.0134. The van der Waals surface area contributed by atoms with Crippen molar-refractivity contribution < 1.29 is 14.6 Å². The molecule has 0 aliphatic heterocycles. The van der Waals surface area contributed by atoms with Gasteiger partial charge in [-0.05, 0) is 17.7 Å². The average Bonchev–Trinajstić information content (AvgIpc) is 2.46. The number of rotatable bonds is 8. The first-order valence-electron chi connectivity index (χ1n) is 6.59. The zero-order chi connectivity index (χ0) is 14.3. The van der Waals surface area contributed by atoms with E-state index < -0.39 is 6.10 Å². The second-order valence-corrected chi connectivity index (χ2v) is 4.93. The predicted molar refractivity (Wildman–Crippen MR) is 77.2 cm³/mol. The molecule has 0 saturated heterocycles. The maximum atomic E-state index is 9.98. The molecule has 0 bridgehead atoms. The monoisotopic (exact) mass is 264 g/mol. The highest BCUT2D eigenvalue weighted by Crippen LogP contribution is 2.16. The van der Waals surface area contributed by atoms with Crippen molar-refractivity contribution in [1.29, 1.82) is 0 Å². The van der Waals surface area contributed by atoms with Crippen LogP contribution in [0.5, 0.6) is 5.75 Å². The molecule has 0 radical (unpaired) electrons. The summed E-state index contributed by atoms with van der Waals surface area (Å²) in [5, 5.41) is 9.98. The summed E-state index contributed by atoms with van der Waals surface area (Å²) in [7, 11) is 1.65. The molecule has 0 spiro atoms. The van der Waals surface area contributed by atoms with Crippen LogP contribution in [0.4, 0.5) is 0 Å². The van der Waals surface area contributed by atoms with Crippen LogP contribution in [-0.4, -0.2) is 24.9 Å². The SMILES string of the molecule is C=C[C@H](C)[C@@H](O)[C@@H](C)COCc1ccc(OC)cc1. The molecule has 3 atom stereocenters. The van der Waals surface area contributed by atoms with Crippen LogP contribution in [0.1, 0.15) is 19.4 Å². The van der Waals surface area contributed by atoms with Gasteiger partial charge in [-0.3, -0.25) is 0 Å². The molecule has 1 aromatic carbocycles. The van der Waals surface area contributed by atoms with E-state index in [4.69, 9.17) is 9.47 Å². The third-order valence-corrected chi connectivity index (χ3v) is 3.30. The van der Waals surface area contributed by atoms with Gasteiger partial charge in [-0.25, -0.2) is 0 Å². The molecule has 0 aliphatic carbocycles. The van der Waals surface area contributed by atoms with E-state index in [-0.39, 0.29) is 11.8 Å². The zero-order valence-electron chi connectivity index (χ0n) is 12.0. The van der Waals surface area contributed by atoms with Crippen molar-refractivity contribution in [2.24, 2.45) is 11.8 Å². The minimum Gasteiger partial charge on any atom is -0.497 e. The van der Waals surface area contributed by atoms with Gasteiger partial charge in [0.2, 0.25) is 0 Å². The Balaban J connectivity index is 2.34. The van der Waals surface area contributed by atoms with Crippen molar-refractivity contribution in [2.45, 2.75) is 26.6 Å². The molecule has 0 aliphatic rings. The van der Waals surface area contributed by atoms with E-state index in [0.717, 1.165) is 11.3 Å². The topological polar surface area (TPSA) is 38.7 Å². The molecule has 1 aromatic rings. The van der Waals surface area contributed by atoms with Gasteiger partial charge < -0.3 is 14.6 Å². The van der Waals surface area contributed by atoms with Gasteiger partial charge in [0.15, 0.2) is 0 Å². The second kappa shape index (κ2) is 7.97. The Morgan fingerprint density at radius 3 is 2.42 bits per heavy atom. The van der Waals surface area contributed by atoms with Gasteiger partial charge in [-0.2, -0.15) is 0 Å². The lowest BCUT2D eigenvalue weighted by Crippen LogP contribution is -2.27. The molecule has 1 rings (SSSR count). The summed E-state index contributed by atoms with van der Waals surface area (Å²) in [5.74, 6) is 1.01. The molecule has 0 amide bonds. The summed E-state index contributed by atoms with van der Waals surface area (Å²) in [4.78, 5) is 0. The molecule has 3 nitrogen and oxygen atoms in total. The number of methoxy groups -OCH3 is 1. The van der Waals surface area contributed by atoms with E-state index in [2.05, 4.69) is 6.58 Å². The zero-order valence-corrected chi connectivity index (χ0v) is 12.0. The molecule has 0 aromatic heterocycles. The number of benzene rings is 1. The lowest BCUT2D eigenvalue weighted by Gasteiger charge is -2.22. The van der Waals surface area contributed by atoms with Crippen LogP contribution in [0, 0.1) is 11.8 Å². The van der Waals surface area contributed by atoms with Gasteiger partial charge >= 0.3 is 0 Å². The van der Waals surface area contributed by atoms with Crippen molar-refractivity contribution >= 4 is 0 Å². The normalized spacial score (nSPS) is 15.6. The van der Waals surface area contributed by atoms with Gasteiger partial charge in [0.1, 0.15) is 5.75 Å². The van der Waals surface area contributed by atoms with E-state index in [1.54, 1.807) is 13.2 Å². The number of hydrogen-bond donors (Lipinski definition) is 1. The Bertz CT molecular complexity index is 372. The first-order chi connectivity index (χ1) is 9.08. The molecule has 0 fully saturated rings. The highest BCUT2D eigenvalue weighted by Gasteiger charge is 2.18.